The second-order valence-electron chi connectivity index (χ2n) is 7.06. The number of nitrogens with one attached hydrogen (secondary N) is 1. The summed E-state index contributed by atoms with van der Waals surface area (Å²) in [6, 6.07) is 2.31. The van der Waals surface area contributed by atoms with Gasteiger partial charge in [-0.3, -0.25) is 19.8 Å². The van der Waals surface area contributed by atoms with Crippen LogP contribution < -0.4 is 14.8 Å². The third kappa shape index (κ3) is 3.70. The van der Waals surface area contributed by atoms with Gasteiger partial charge in [0.25, 0.3) is 5.69 Å². The molecular weight excluding hydrogens is 354 g/mol. The second-order valence-corrected chi connectivity index (χ2v) is 7.06. The summed E-state index contributed by atoms with van der Waals surface area (Å²) < 4.78 is 16.1. The third-order valence-electron chi connectivity index (χ3n) is 5.37. The van der Waals surface area contributed by atoms with Crippen LogP contribution in [0.3, 0.4) is 0 Å². The van der Waals surface area contributed by atoms with Gasteiger partial charge in [-0.15, -0.1) is 0 Å². The summed E-state index contributed by atoms with van der Waals surface area (Å²) in [6.07, 6.45) is 4.09. The predicted octanol–water partition coefficient (Wildman–Crippen LogP) is 1.76. The monoisotopic (exact) mass is 377 g/mol. The minimum atomic E-state index is -0.760. The molecule has 1 amide bonds. The van der Waals surface area contributed by atoms with E-state index in [1.54, 1.807) is 6.07 Å². The van der Waals surface area contributed by atoms with Gasteiger partial charge < -0.3 is 19.5 Å². The van der Waals surface area contributed by atoms with Crippen LogP contribution in [-0.4, -0.2) is 54.9 Å². The molecule has 3 aliphatic rings. The van der Waals surface area contributed by atoms with Gasteiger partial charge in [-0.05, 0) is 18.9 Å². The molecule has 1 N–H and O–H groups in total. The number of carbonyl (C=O) groups is 1. The molecule has 0 radical (unpaired) electrons. The van der Waals surface area contributed by atoms with Gasteiger partial charge in [-0.25, -0.2) is 0 Å². The van der Waals surface area contributed by atoms with Crippen LogP contribution in [0.4, 0.5) is 5.69 Å². The lowest BCUT2D eigenvalue weighted by atomic mass is 10.00. The molecule has 1 aromatic rings. The SMILES string of the molecule is O=C(NC1CCCC1)[C@H](c1cc2c(cc1[N+](=O)[O-])OCO2)N1CCOCC1. The number of fused-ring (bicyclic) bond motifs is 1. The Morgan fingerprint density at radius 1 is 1.19 bits per heavy atom. The molecule has 9 nitrogen and oxygen atoms in total. The molecule has 1 saturated carbocycles. The molecule has 2 aliphatic heterocycles. The quantitative estimate of drug-likeness (QED) is 0.616. The smallest absolute Gasteiger partial charge is 0.278 e. The number of carbonyl (C=O) groups excluding carboxylic acids is 1. The highest BCUT2D eigenvalue weighted by molar-refractivity contribution is 5.85. The van der Waals surface area contributed by atoms with E-state index in [9.17, 15) is 14.9 Å². The Bertz CT molecular complexity index is 728. The second kappa shape index (κ2) is 7.69. The van der Waals surface area contributed by atoms with Crippen molar-refractivity contribution in [3.8, 4) is 11.5 Å². The molecule has 27 heavy (non-hydrogen) atoms. The highest BCUT2D eigenvalue weighted by Gasteiger charge is 2.37. The van der Waals surface area contributed by atoms with Crippen LogP contribution in [0.1, 0.15) is 37.3 Å². The fourth-order valence-corrected chi connectivity index (χ4v) is 4.01. The first-order valence-electron chi connectivity index (χ1n) is 9.33. The summed E-state index contributed by atoms with van der Waals surface area (Å²) in [5.74, 6) is 0.565. The topological polar surface area (TPSA) is 103 Å². The largest absolute Gasteiger partial charge is 0.454 e. The average molecular weight is 377 g/mol. The number of ether oxygens (including phenoxy) is 3. The zero-order valence-electron chi connectivity index (χ0n) is 15.0. The van der Waals surface area contributed by atoms with Crippen molar-refractivity contribution in [2.45, 2.75) is 37.8 Å². The average Bonchev–Trinajstić information content (AvgIpc) is 3.33. The molecule has 1 aliphatic carbocycles. The fourth-order valence-electron chi connectivity index (χ4n) is 4.01. The lowest BCUT2D eigenvalue weighted by Gasteiger charge is -2.34. The predicted molar refractivity (Wildman–Crippen MR) is 94.8 cm³/mol. The van der Waals surface area contributed by atoms with Crippen molar-refractivity contribution in [3.63, 3.8) is 0 Å². The van der Waals surface area contributed by atoms with Crippen LogP contribution in [0.25, 0.3) is 0 Å². The summed E-state index contributed by atoms with van der Waals surface area (Å²) in [7, 11) is 0. The van der Waals surface area contributed by atoms with Crippen molar-refractivity contribution < 1.29 is 23.9 Å². The van der Waals surface area contributed by atoms with Gasteiger partial charge in [0.15, 0.2) is 11.5 Å². The van der Waals surface area contributed by atoms with Gasteiger partial charge in [0.2, 0.25) is 12.7 Å². The first-order chi connectivity index (χ1) is 13.1. The Morgan fingerprint density at radius 2 is 1.85 bits per heavy atom. The highest BCUT2D eigenvalue weighted by atomic mass is 16.7. The first-order valence-corrected chi connectivity index (χ1v) is 9.33. The molecule has 1 aromatic carbocycles. The van der Waals surface area contributed by atoms with Crippen LogP contribution in [0.15, 0.2) is 12.1 Å². The van der Waals surface area contributed by atoms with Crippen LogP contribution in [0.2, 0.25) is 0 Å². The van der Waals surface area contributed by atoms with Gasteiger partial charge >= 0.3 is 0 Å². The van der Waals surface area contributed by atoms with Crippen molar-refractivity contribution in [1.29, 1.82) is 0 Å². The number of nitrogens with zero attached hydrogens (tertiary/aromatic N) is 2. The normalized spacial score (nSPS) is 21.2. The molecular formula is C18H23N3O6. The van der Waals surface area contributed by atoms with E-state index in [1.165, 1.54) is 6.07 Å². The molecule has 4 rings (SSSR count). The van der Waals surface area contributed by atoms with Crippen LogP contribution in [0.5, 0.6) is 11.5 Å². The zero-order chi connectivity index (χ0) is 18.8. The molecule has 1 saturated heterocycles. The number of benzene rings is 1. The number of morpholine rings is 1. The maximum Gasteiger partial charge on any atom is 0.278 e. The Labute approximate surface area is 156 Å². The Morgan fingerprint density at radius 3 is 2.52 bits per heavy atom. The van der Waals surface area contributed by atoms with Crippen molar-refractivity contribution in [2.75, 3.05) is 33.1 Å². The van der Waals surface area contributed by atoms with E-state index < -0.39 is 11.0 Å². The van der Waals surface area contributed by atoms with E-state index >= 15 is 0 Å². The van der Waals surface area contributed by atoms with E-state index in [0.29, 0.717) is 43.4 Å². The molecule has 0 bridgehead atoms. The van der Waals surface area contributed by atoms with Crippen LogP contribution in [0, 0.1) is 10.1 Å². The van der Waals surface area contributed by atoms with E-state index in [-0.39, 0.29) is 24.4 Å². The van der Waals surface area contributed by atoms with Gasteiger partial charge in [0, 0.05) is 19.1 Å². The standard InChI is InChI=1S/C18H23N3O6/c22-18(19-12-3-1-2-4-12)17(20-5-7-25-8-6-20)13-9-15-16(27-11-26-15)10-14(13)21(23)24/h9-10,12,17H,1-8,11H2,(H,19,22)/t17-/m0/s1. The summed E-state index contributed by atoms with van der Waals surface area (Å²) in [6.45, 7) is 2.08. The van der Waals surface area contributed by atoms with E-state index in [0.717, 1.165) is 25.7 Å². The molecule has 1 atom stereocenters. The fraction of sp³-hybridized carbons (Fsp3) is 0.611. The van der Waals surface area contributed by atoms with Gasteiger partial charge in [-0.1, -0.05) is 12.8 Å². The molecule has 0 aromatic heterocycles. The maximum atomic E-state index is 13.2. The number of hydrogen-bond acceptors (Lipinski definition) is 7. The molecule has 146 valence electrons. The number of rotatable bonds is 5. The van der Waals surface area contributed by atoms with Gasteiger partial charge in [0.1, 0.15) is 6.04 Å². The Hall–Kier alpha value is -2.39. The number of nitro groups is 1. The minimum absolute atomic E-state index is 0.0203. The molecule has 9 heteroatoms. The van der Waals surface area contributed by atoms with Crippen molar-refractivity contribution in [1.82, 2.24) is 10.2 Å². The summed E-state index contributed by atoms with van der Waals surface area (Å²) in [5, 5.41) is 14.8. The maximum absolute atomic E-state index is 13.2. The van der Waals surface area contributed by atoms with Crippen molar-refractivity contribution >= 4 is 11.6 Å². The van der Waals surface area contributed by atoms with Crippen molar-refractivity contribution in [2.24, 2.45) is 0 Å². The Kier molecular flexibility index (Phi) is 5.13. The van der Waals surface area contributed by atoms with Crippen LogP contribution in [-0.2, 0) is 9.53 Å². The van der Waals surface area contributed by atoms with E-state index in [2.05, 4.69) is 5.32 Å². The number of nitro benzene ring substituents is 1. The first kappa shape index (κ1) is 18.0. The molecule has 2 fully saturated rings. The number of amides is 1. The molecule has 0 unspecified atom stereocenters. The lowest BCUT2D eigenvalue weighted by Crippen LogP contribution is -2.47. The van der Waals surface area contributed by atoms with Gasteiger partial charge in [0.05, 0.1) is 29.8 Å². The highest BCUT2D eigenvalue weighted by Crippen LogP contribution is 2.41. The summed E-state index contributed by atoms with van der Waals surface area (Å²) >= 11 is 0. The minimum Gasteiger partial charge on any atom is -0.454 e. The molecule has 0 spiro atoms. The summed E-state index contributed by atoms with van der Waals surface area (Å²) in [5.41, 5.74) is 0.207. The summed E-state index contributed by atoms with van der Waals surface area (Å²) in [4.78, 5) is 26.4. The Balaban J connectivity index is 1.71. The zero-order valence-corrected chi connectivity index (χ0v) is 15.0. The van der Waals surface area contributed by atoms with Crippen LogP contribution >= 0.6 is 0 Å². The lowest BCUT2D eigenvalue weighted by molar-refractivity contribution is -0.386. The van der Waals surface area contributed by atoms with Gasteiger partial charge in [-0.2, -0.15) is 0 Å². The number of hydrogen-bond donors (Lipinski definition) is 1. The van der Waals surface area contributed by atoms with E-state index in [1.807, 2.05) is 4.90 Å². The molecule has 2 heterocycles. The van der Waals surface area contributed by atoms with E-state index in [4.69, 9.17) is 14.2 Å². The third-order valence-corrected chi connectivity index (χ3v) is 5.37. The van der Waals surface area contributed by atoms with Crippen molar-refractivity contribution in [3.05, 3.63) is 27.8 Å².